The molecule has 0 radical (unpaired) electrons. The van der Waals surface area contributed by atoms with Crippen LogP contribution in [0.15, 0.2) is 66.7 Å². The van der Waals surface area contributed by atoms with Gasteiger partial charge in [-0.1, -0.05) is 42.5 Å². The summed E-state index contributed by atoms with van der Waals surface area (Å²) in [4.78, 5) is 36.1. The lowest BCUT2D eigenvalue weighted by Crippen LogP contribution is -2.36. The van der Waals surface area contributed by atoms with E-state index in [4.69, 9.17) is 4.74 Å². The molecule has 0 aliphatic carbocycles. The fraction of sp³-hybridized carbons (Fsp3) is 0.136. The summed E-state index contributed by atoms with van der Waals surface area (Å²) in [5.41, 5.74) is 0.395. The third-order valence-electron chi connectivity index (χ3n) is 4.21. The highest BCUT2D eigenvalue weighted by Gasteiger charge is 2.19. The molecule has 3 aromatic rings. The van der Waals surface area contributed by atoms with Gasteiger partial charge in [0, 0.05) is 5.69 Å². The molecule has 0 unspecified atom stereocenters. The minimum Gasteiger partial charge on any atom is -0.451 e. The highest BCUT2D eigenvalue weighted by molar-refractivity contribution is 5.98. The lowest BCUT2D eigenvalue weighted by atomic mass is 10.1. The summed E-state index contributed by atoms with van der Waals surface area (Å²) in [6.07, 6.45) is -1.07. The SMILES string of the molecule is C[C@@H](OC(=O)CNC(=O)c1ccccc1F)C(=O)Nc1ccc2ccccc2c1. The van der Waals surface area contributed by atoms with Crippen LogP contribution in [0.3, 0.4) is 0 Å². The lowest BCUT2D eigenvalue weighted by molar-refractivity contribution is -0.152. The highest BCUT2D eigenvalue weighted by atomic mass is 19.1. The molecule has 3 rings (SSSR count). The summed E-state index contributed by atoms with van der Waals surface area (Å²) >= 11 is 0. The number of carbonyl (C=O) groups excluding carboxylic acids is 3. The first kappa shape index (κ1) is 20.0. The normalized spacial score (nSPS) is 11.5. The largest absolute Gasteiger partial charge is 0.451 e. The number of fused-ring (bicyclic) bond motifs is 1. The summed E-state index contributed by atoms with van der Waals surface area (Å²) < 4.78 is 18.6. The molecule has 0 aliphatic heterocycles. The third-order valence-corrected chi connectivity index (χ3v) is 4.21. The number of rotatable bonds is 6. The number of hydrogen-bond acceptors (Lipinski definition) is 4. The molecule has 0 spiro atoms. The van der Waals surface area contributed by atoms with Crippen molar-refractivity contribution < 1.29 is 23.5 Å². The van der Waals surface area contributed by atoms with Crippen molar-refractivity contribution in [2.75, 3.05) is 11.9 Å². The molecule has 2 amide bonds. The molecule has 6 nitrogen and oxygen atoms in total. The summed E-state index contributed by atoms with van der Waals surface area (Å²) in [7, 11) is 0. The van der Waals surface area contributed by atoms with Crippen LogP contribution in [0.25, 0.3) is 10.8 Å². The average molecular weight is 394 g/mol. The second-order valence-electron chi connectivity index (χ2n) is 6.35. The number of anilines is 1. The van der Waals surface area contributed by atoms with Crippen LogP contribution in [0.5, 0.6) is 0 Å². The Labute approximate surface area is 166 Å². The van der Waals surface area contributed by atoms with Crippen LogP contribution in [0.4, 0.5) is 10.1 Å². The van der Waals surface area contributed by atoms with Crippen LogP contribution in [-0.4, -0.2) is 30.4 Å². The number of amides is 2. The molecule has 3 aromatic carbocycles. The van der Waals surface area contributed by atoms with E-state index in [9.17, 15) is 18.8 Å². The molecule has 0 aliphatic rings. The van der Waals surface area contributed by atoms with E-state index in [1.807, 2.05) is 36.4 Å². The smallest absolute Gasteiger partial charge is 0.326 e. The minimum absolute atomic E-state index is 0.178. The second kappa shape index (κ2) is 8.97. The van der Waals surface area contributed by atoms with Crippen LogP contribution in [0, 0.1) is 5.82 Å². The lowest BCUT2D eigenvalue weighted by Gasteiger charge is -2.14. The molecule has 0 saturated heterocycles. The van der Waals surface area contributed by atoms with Gasteiger partial charge in [0.05, 0.1) is 5.56 Å². The standard InChI is InChI=1S/C22H19FN2O4/c1-14(21(27)25-17-11-10-15-6-2-3-7-16(15)12-17)29-20(26)13-24-22(28)18-8-4-5-9-19(18)23/h2-12,14H,13H2,1H3,(H,24,28)(H,25,27)/t14-/m1/s1. The number of nitrogens with one attached hydrogen (secondary N) is 2. The van der Waals surface area contributed by atoms with Crippen molar-refractivity contribution in [1.29, 1.82) is 0 Å². The van der Waals surface area contributed by atoms with Gasteiger partial charge in [-0.05, 0) is 42.0 Å². The Kier molecular flexibility index (Phi) is 6.19. The molecule has 2 N–H and O–H groups in total. The van der Waals surface area contributed by atoms with Gasteiger partial charge in [0.25, 0.3) is 11.8 Å². The zero-order valence-electron chi connectivity index (χ0n) is 15.6. The quantitative estimate of drug-likeness (QED) is 0.629. The summed E-state index contributed by atoms with van der Waals surface area (Å²) in [5.74, 6) is -2.75. The molecule has 0 fully saturated rings. The maximum Gasteiger partial charge on any atom is 0.326 e. The van der Waals surface area contributed by atoms with E-state index in [1.165, 1.54) is 25.1 Å². The Hall–Kier alpha value is -3.74. The molecule has 0 heterocycles. The Balaban J connectivity index is 1.51. The van der Waals surface area contributed by atoms with Gasteiger partial charge in [0.2, 0.25) is 0 Å². The maximum absolute atomic E-state index is 13.6. The Morgan fingerprint density at radius 3 is 2.41 bits per heavy atom. The van der Waals surface area contributed by atoms with Gasteiger partial charge in [-0.2, -0.15) is 0 Å². The molecule has 29 heavy (non-hydrogen) atoms. The average Bonchev–Trinajstić information content (AvgIpc) is 2.72. The minimum atomic E-state index is -1.07. The van der Waals surface area contributed by atoms with Gasteiger partial charge >= 0.3 is 5.97 Å². The van der Waals surface area contributed by atoms with Crippen molar-refractivity contribution in [3.63, 3.8) is 0 Å². The number of esters is 1. The van der Waals surface area contributed by atoms with Gasteiger partial charge in [0.15, 0.2) is 6.10 Å². The first-order chi connectivity index (χ1) is 13.9. The Bertz CT molecular complexity index is 1070. The van der Waals surface area contributed by atoms with Gasteiger partial charge in [-0.3, -0.25) is 14.4 Å². The predicted octanol–water partition coefficient (Wildman–Crippen LogP) is 3.28. The Morgan fingerprint density at radius 2 is 1.66 bits per heavy atom. The molecule has 0 bridgehead atoms. The van der Waals surface area contributed by atoms with Crippen molar-refractivity contribution in [2.24, 2.45) is 0 Å². The van der Waals surface area contributed by atoms with E-state index < -0.39 is 36.2 Å². The van der Waals surface area contributed by atoms with E-state index in [-0.39, 0.29) is 5.56 Å². The zero-order chi connectivity index (χ0) is 20.8. The predicted molar refractivity (Wildman–Crippen MR) is 107 cm³/mol. The molecular formula is C22H19FN2O4. The van der Waals surface area contributed by atoms with Crippen molar-refractivity contribution >= 4 is 34.2 Å². The number of carbonyl (C=O) groups is 3. The molecular weight excluding hydrogens is 375 g/mol. The van der Waals surface area contributed by atoms with E-state index in [2.05, 4.69) is 10.6 Å². The van der Waals surface area contributed by atoms with E-state index in [1.54, 1.807) is 6.07 Å². The van der Waals surface area contributed by atoms with Gasteiger partial charge < -0.3 is 15.4 Å². The number of ether oxygens (including phenoxy) is 1. The van der Waals surface area contributed by atoms with E-state index in [0.29, 0.717) is 5.69 Å². The second-order valence-corrected chi connectivity index (χ2v) is 6.35. The van der Waals surface area contributed by atoms with Crippen molar-refractivity contribution in [1.82, 2.24) is 5.32 Å². The fourth-order valence-electron chi connectivity index (χ4n) is 2.70. The summed E-state index contributed by atoms with van der Waals surface area (Å²) in [6.45, 7) is 0.938. The first-order valence-electron chi connectivity index (χ1n) is 8.96. The molecule has 1 atom stereocenters. The van der Waals surface area contributed by atoms with Crippen LogP contribution in [0.2, 0.25) is 0 Å². The fourth-order valence-corrected chi connectivity index (χ4v) is 2.70. The number of halogens is 1. The van der Waals surface area contributed by atoms with Gasteiger partial charge in [-0.15, -0.1) is 0 Å². The molecule has 148 valence electrons. The topological polar surface area (TPSA) is 84.5 Å². The van der Waals surface area contributed by atoms with E-state index >= 15 is 0 Å². The maximum atomic E-state index is 13.6. The summed E-state index contributed by atoms with van der Waals surface area (Å²) in [6, 6.07) is 18.6. The van der Waals surface area contributed by atoms with Gasteiger partial charge in [0.1, 0.15) is 12.4 Å². The number of hydrogen-bond donors (Lipinski definition) is 2. The van der Waals surface area contributed by atoms with Crippen molar-refractivity contribution in [2.45, 2.75) is 13.0 Å². The van der Waals surface area contributed by atoms with Crippen molar-refractivity contribution in [3.8, 4) is 0 Å². The van der Waals surface area contributed by atoms with Crippen LogP contribution < -0.4 is 10.6 Å². The number of benzene rings is 3. The van der Waals surface area contributed by atoms with Crippen molar-refractivity contribution in [3.05, 3.63) is 78.1 Å². The highest BCUT2D eigenvalue weighted by Crippen LogP contribution is 2.19. The molecule has 0 saturated carbocycles. The van der Waals surface area contributed by atoms with E-state index in [0.717, 1.165) is 16.8 Å². The van der Waals surface area contributed by atoms with Crippen LogP contribution in [-0.2, 0) is 14.3 Å². The van der Waals surface area contributed by atoms with Gasteiger partial charge in [-0.25, -0.2) is 4.39 Å². The molecule has 7 heteroatoms. The Morgan fingerprint density at radius 1 is 0.966 bits per heavy atom. The third kappa shape index (κ3) is 5.16. The van der Waals surface area contributed by atoms with Crippen LogP contribution in [0.1, 0.15) is 17.3 Å². The zero-order valence-corrected chi connectivity index (χ0v) is 15.6. The first-order valence-corrected chi connectivity index (χ1v) is 8.96. The van der Waals surface area contributed by atoms with Crippen LogP contribution >= 0.6 is 0 Å². The molecule has 0 aromatic heterocycles. The summed E-state index contributed by atoms with van der Waals surface area (Å²) in [5, 5.41) is 6.95. The monoisotopic (exact) mass is 394 g/mol.